The largest absolute Gasteiger partial charge is 0.368 e. The van der Waals surface area contributed by atoms with Crippen molar-refractivity contribution in [2.45, 2.75) is 63.4 Å². The average Bonchev–Trinajstić information content (AvgIpc) is 3.20. The Hall–Kier alpha value is -2.06. The molecule has 6 heteroatoms. The Morgan fingerprint density at radius 2 is 1.70 bits per heavy atom. The zero-order valence-electron chi connectivity index (χ0n) is 17.4. The van der Waals surface area contributed by atoms with Crippen LogP contribution < -0.4 is 0 Å². The first-order chi connectivity index (χ1) is 14.5. The molecule has 2 aliphatic rings. The summed E-state index contributed by atoms with van der Waals surface area (Å²) in [5.41, 5.74) is 2.04. The lowest BCUT2D eigenvalue weighted by Crippen LogP contribution is -2.48. The lowest BCUT2D eigenvalue weighted by molar-refractivity contribution is -0.239. The predicted octanol–water partition coefficient (Wildman–Crippen LogP) is 3.89. The highest BCUT2D eigenvalue weighted by atomic mass is 16.8. The van der Waals surface area contributed by atoms with Crippen LogP contribution in [0.1, 0.15) is 25.0 Å². The fourth-order valence-electron chi connectivity index (χ4n) is 4.04. The van der Waals surface area contributed by atoms with E-state index in [2.05, 4.69) is 6.58 Å². The predicted molar refractivity (Wildman–Crippen MR) is 111 cm³/mol. The number of ether oxygens (including phenoxy) is 4. The van der Waals surface area contributed by atoms with Crippen LogP contribution in [0.3, 0.4) is 0 Å². The zero-order valence-corrected chi connectivity index (χ0v) is 17.4. The Bertz CT molecular complexity index is 828. The number of hydroxylamine groups is 2. The molecule has 2 heterocycles. The minimum Gasteiger partial charge on any atom is -0.368 e. The van der Waals surface area contributed by atoms with Gasteiger partial charge in [-0.1, -0.05) is 66.7 Å². The standard InChI is InChI=1S/C24H29NO5/c1-4-19(25(26)15-17-11-7-5-8-12-17)20-21(27-16-18-13-9-6-10-14-18)22-23(28-20)30-24(2,3)29-22/h4-14,19-23,26H,1,15-16H2,2-3H3/t19-,20+,21-,22+,23+/m0/s1. The van der Waals surface area contributed by atoms with E-state index in [1.807, 2.05) is 74.5 Å². The molecule has 160 valence electrons. The number of rotatable bonds is 8. The lowest BCUT2D eigenvalue weighted by Gasteiger charge is -2.33. The van der Waals surface area contributed by atoms with Gasteiger partial charge in [0, 0.05) is 6.54 Å². The molecule has 2 saturated heterocycles. The summed E-state index contributed by atoms with van der Waals surface area (Å²) >= 11 is 0. The molecule has 0 aromatic heterocycles. The second-order valence-corrected chi connectivity index (χ2v) is 8.14. The van der Waals surface area contributed by atoms with Gasteiger partial charge in [0.2, 0.25) is 0 Å². The normalized spacial score (nSPS) is 28.4. The van der Waals surface area contributed by atoms with E-state index in [-0.39, 0.29) is 6.10 Å². The molecular formula is C24H29NO5. The molecule has 0 spiro atoms. The molecule has 2 fully saturated rings. The van der Waals surface area contributed by atoms with E-state index in [4.69, 9.17) is 18.9 Å². The first-order valence-corrected chi connectivity index (χ1v) is 10.3. The highest BCUT2D eigenvalue weighted by molar-refractivity contribution is 5.16. The fourth-order valence-corrected chi connectivity index (χ4v) is 4.04. The maximum absolute atomic E-state index is 10.8. The van der Waals surface area contributed by atoms with E-state index in [9.17, 15) is 5.21 Å². The maximum Gasteiger partial charge on any atom is 0.190 e. The monoisotopic (exact) mass is 411 g/mol. The number of benzene rings is 2. The van der Waals surface area contributed by atoms with Gasteiger partial charge >= 0.3 is 0 Å². The van der Waals surface area contributed by atoms with Crippen LogP contribution in [0.2, 0.25) is 0 Å². The van der Waals surface area contributed by atoms with Crippen molar-refractivity contribution in [3.8, 4) is 0 Å². The van der Waals surface area contributed by atoms with Crippen molar-refractivity contribution < 1.29 is 24.2 Å². The van der Waals surface area contributed by atoms with Crippen LogP contribution in [0.15, 0.2) is 73.3 Å². The van der Waals surface area contributed by atoms with Crippen LogP contribution in [-0.2, 0) is 32.1 Å². The molecule has 6 nitrogen and oxygen atoms in total. The molecule has 30 heavy (non-hydrogen) atoms. The van der Waals surface area contributed by atoms with Crippen molar-refractivity contribution in [3.05, 3.63) is 84.4 Å². The maximum atomic E-state index is 10.8. The van der Waals surface area contributed by atoms with E-state index < -0.39 is 30.3 Å². The molecule has 4 rings (SSSR count). The quantitative estimate of drug-likeness (QED) is 0.525. The van der Waals surface area contributed by atoms with E-state index in [1.165, 1.54) is 5.06 Å². The SMILES string of the molecule is C=C[C@@H]([C@H]1O[C@@H]2OC(C)(C)O[C@@H]2[C@H]1OCc1ccccc1)N(O)Cc1ccccc1. The molecular weight excluding hydrogens is 382 g/mol. The first-order valence-electron chi connectivity index (χ1n) is 10.3. The van der Waals surface area contributed by atoms with Crippen LogP contribution in [0, 0.1) is 0 Å². The van der Waals surface area contributed by atoms with Crippen molar-refractivity contribution in [3.63, 3.8) is 0 Å². The molecule has 0 bridgehead atoms. The average molecular weight is 411 g/mol. The van der Waals surface area contributed by atoms with Crippen LogP contribution in [0.25, 0.3) is 0 Å². The van der Waals surface area contributed by atoms with Crippen molar-refractivity contribution in [1.29, 1.82) is 0 Å². The minimum absolute atomic E-state index is 0.339. The zero-order chi connectivity index (χ0) is 21.1. The minimum atomic E-state index is -0.749. The van der Waals surface area contributed by atoms with Crippen molar-refractivity contribution >= 4 is 0 Å². The smallest absolute Gasteiger partial charge is 0.190 e. The second-order valence-electron chi connectivity index (χ2n) is 8.14. The topological polar surface area (TPSA) is 60.4 Å². The molecule has 0 unspecified atom stereocenters. The highest BCUT2D eigenvalue weighted by Crippen LogP contribution is 2.40. The third-order valence-electron chi connectivity index (χ3n) is 5.42. The van der Waals surface area contributed by atoms with Gasteiger partial charge in [-0.25, -0.2) is 0 Å². The summed E-state index contributed by atoms with van der Waals surface area (Å²) < 4.78 is 24.5. The van der Waals surface area contributed by atoms with E-state index >= 15 is 0 Å². The van der Waals surface area contributed by atoms with Gasteiger partial charge in [0.15, 0.2) is 12.1 Å². The van der Waals surface area contributed by atoms with Gasteiger partial charge in [-0.05, 0) is 25.0 Å². The van der Waals surface area contributed by atoms with Crippen LogP contribution in [0.4, 0.5) is 0 Å². The van der Waals surface area contributed by atoms with Gasteiger partial charge in [-0.2, -0.15) is 5.06 Å². The molecule has 0 amide bonds. The van der Waals surface area contributed by atoms with Crippen molar-refractivity contribution in [2.75, 3.05) is 0 Å². The third-order valence-corrected chi connectivity index (χ3v) is 5.42. The van der Waals surface area contributed by atoms with Gasteiger partial charge < -0.3 is 24.2 Å². The van der Waals surface area contributed by atoms with Gasteiger partial charge in [-0.3, -0.25) is 0 Å². The highest BCUT2D eigenvalue weighted by Gasteiger charge is 2.57. The number of nitrogens with zero attached hydrogens (tertiary/aromatic N) is 1. The Labute approximate surface area is 177 Å². The first kappa shape index (κ1) is 21.2. The lowest BCUT2D eigenvalue weighted by atomic mass is 10.0. The summed E-state index contributed by atoms with van der Waals surface area (Å²) in [7, 11) is 0. The Kier molecular flexibility index (Phi) is 6.34. The Morgan fingerprint density at radius 1 is 1.07 bits per heavy atom. The molecule has 2 aliphatic heterocycles. The molecule has 0 aliphatic carbocycles. The molecule has 0 saturated carbocycles. The third kappa shape index (κ3) is 4.64. The van der Waals surface area contributed by atoms with Gasteiger partial charge in [0.05, 0.1) is 12.6 Å². The van der Waals surface area contributed by atoms with Crippen molar-refractivity contribution in [2.24, 2.45) is 0 Å². The van der Waals surface area contributed by atoms with Gasteiger partial charge in [0.1, 0.15) is 18.3 Å². The van der Waals surface area contributed by atoms with Crippen LogP contribution in [-0.4, -0.2) is 46.7 Å². The number of fused-ring (bicyclic) bond motifs is 1. The number of hydrogen-bond acceptors (Lipinski definition) is 6. The van der Waals surface area contributed by atoms with E-state index in [1.54, 1.807) is 6.08 Å². The van der Waals surface area contributed by atoms with E-state index in [0.717, 1.165) is 11.1 Å². The number of hydrogen-bond donors (Lipinski definition) is 1. The Morgan fingerprint density at radius 3 is 2.33 bits per heavy atom. The summed E-state index contributed by atoms with van der Waals surface area (Å²) in [5, 5.41) is 12.1. The summed E-state index contributed by atoms with van der Waals surface area (Å²) in [4.78, 5) is 0. The molecule has 2 aromatic carbocycles. The van der Waals surface area contributed by atoms with Gasteiger partial charge in [0.25, 0.3) is 0 Å². The second kappa shape index (κ2) is 8.98. The molecule has 1 N–H and O–H groups in total. The molecule has 2 aromatic rings. The summed E-state index contributed by atoms with van der Waals surface area (Å²) in [6, 6.07) is 19.2. The molecule has 0 radical (unpaired) electrons. The summed E-state index contributed by atoms with van der Waals surface area (Å²) in [6.07, 6.45) is -0.186. The fraction of sp³-hybridized carbons (Fsp3) is 0.417. The van der Waals surface area contributed by atoms with E-state index in [0.29, 0.717) is 13.2 Å². The van der Waals surface area contributed by atoms with Crippen molar-refractivity contribution in [1.82, 2.24) is 5.06 Å². The van der Waals surface area contributed by atoms with Crippen LogP contribution in [0.5, 0.6) is 0 Å². The van der Waals surface area contributed by atoms with Gasteiger partial charge in [-0.15, -0.1) is 6.58 Å². The molecule has 5 atom stereocenters. The summed E-state index contributed by atoms with van der Waals surface area (Å²) in [6.45, 7) is 8.39. The Balaban J connectivity index is 1.52. The summed E-state index contributed by atoms with van der Waals surface area (Å²) in [5.74, 6) is -0.749. The van der Waals surface area contributed by atoms with Crippen LogP contribution >= 0.6 is 0 Å².